The summed E-state index contributed by atoms with van der Waals surface area (Å²) in [6, 6.07) is 0. The van der Waals surface area contributed by atoms with Crippen LogP contribution in [0, 0.1) is 0 Å². The quantitative estimate of drug-likeness (QED) is 0.856. The van der Waals surface area contributed by atoms with Gasteiger partial charge in [-0.15, -0.1) is 11.3 Å². The van der Waals surface area contributed by atoms with E-state index in [4.69, 9.17) is 9.47 Å². The summed E-state index contributed by atoms with van der Waals surface area (Å²) in [4.78, 5) is 5.91. The zero-order chi connectivity index (χ0) is 11.0. The first-order valence-electron chi connectivity index (χ1n) is 5.82. The van der Waals surface area contributed by atoms with Crippen LogP contribution in [-0.4, -0.2) is 30.5 Å². The Bertz CT molecular complexity index is 385. The summed E-state index contributed by atoms with van der Waals surface area (Å²) in [5.74, 6) is -0.330. The van der Waals surface area contributed by atoms with Crippen molar-refractivity contribution >= 4 is 16.5 Å². The van der Waals surface area contributed by atoms with Crippen molar-refractivity contribution in [3.8, 4) is 0 Å². The number of rotatable bonds is 2. The van der Waals surface area contributed by atoms with E-state index < -0.39 is 0 Å². The molecule has 2 heterocycles. The van der Waals surface area contributed by atoms with E-state index in [1.807, 2.05) is 0 Å². The lowest BCUT2D eigenvalue weighted by atomic mass is 9.96. The molecule has 1 saturated heterocycles. The number of hydrogen-bond acceptors (Lipinski definition) is 5. The van der Waals surface area contributed by atoms with Crippen molar-refractivity contribution in [3.05, 3.63) is 10.6 Å². The topological polar surface area (TPSA) is 43.4 Å². The molecule has 1 fully saturated rings. The van der Waals surface area contributed by atoms with Gasteiger partial charge in [0, 0.05) is 24.3 Å². The molecule has 0 saturated carbocycles. The number of nitrogens with one attached hydrogen (secondary N) is 1. The van der Waals surface area contributed by atoms with E-state index in [0.29, 0.717) is 0 Å². The molecule has 1 aliphatic heterocycles. The Morgan fingerprint density at radius 3 is 3.00 bits per heavy atom. The Morgan fingerprint density at radius 2 is 2.25 bits per heavy atom. The minimum absolute atomic E-state index is 0.330. The van der Waals surface area contributed by atoms with E-state index >= 15 is 0 Å². The van der Waals surface area contributed by atoms with Gasteiger partial charge in [-0.2, -0.15) is 0 Å². The molecular weight excluding hydrogens is 224 g/mol. The largest absolute Gasteiger partial charge is 0.362 e. The predicted octanol–water partition coefficient (Wildman–Crippen LogP) is 1.81. The Balaban J connectivity index is 1.82. The van der Waals surface area contributed by atoms with E-state index in [1.165, 1.54) is 10.6 Å². The van der Waals surface area contributed by atoms with Crippen LogP contribution in [0.15, 0.2) is 0 Å². The average Bonchev–Trinajstić information content (AvgIpc) is 2.86. The van der Waals surface area contributed by atoms with Gasteiger partial charge in [0.05, 0.1) is 18.9 Å². The molecule has 0 atom stereocenters. The van der Waals surface area contributed by atoms with Gasteiger partial charge in [0.2, 0.25) is 0 Å². The van der Waals surface area contributed by atoms with E-state index in [1.54, 1.807) is 11.3 Å². The van der Waals surface area contributed by atoms with Crippen LogP contribution in [-0.2, 0) is 22.3 Å². The Hall–Kier alpha value is -0.650. The second-order valence-corrected chi connectivity index (χ2v) is 5.29. The zero-order valence-electron chi connectivity index (χ0n) is 9.41. The van der Waals surface area contributed by atoms with Gasteiger partial charge >= 0.3 is 0 Å². The smallest absolute Gasteiger partial charge is 0.183 e. The van der Waals surface area contributed by atoms with Crippen LogP contribution in [0.25, 0.3) is 0 Å². The molecule has 0 bridgehead atoms. The lowest BCUT2D eigenvalue weighted by molar-refractivity contribution is -0.163. The Labute approximate surface area is 99.0 Å². The van der Waals surface area contributed by atoms with Crippen molar-refractivity contribution in [2.24, 2.45) is 0 Å². The second-order valence-electron chi connectivity index (χ2n) is 4.20. The van der Waals surface area contributed by atoms with Gasteiger partial charge in [-0.25, -0.2) is 4.98 Å². The first kappa shape index (κ1) is 10.5. The van der Waals surface area contributed by atoms with Gasteiger partial charge in [-0.05, 0) is 13.3 Å². The van der Waals surface area contributed by atoms with Crippen LogP contribution in [0.2, 0.25) is 0 Å². The molecule has 0 amide bonds. The fraction of sp³-hybridized carbons (Fsp3) is 0.727. The van der Waals surface area contributed by atoms with Crippen LogP contribution in [0.5, 0.6) is 0 Å². The standard InChI is InChI=1S/C11H16N2O2S/c1-2-12-10-13-8-3-4-11(7-9(8)16-10)14-5-6-15-11/h2-7H2,1H3,(H,12,13). The minimum Gasteiger partial charge on any atom is -0.362 e. The number of thiazole rings is 1. The molecule has 0 aromatic carbocycles. The number of aryl methyl sites for hydroxylation is 1. The molecule has 0 unspecified atom stereocenters. The maximum absolute atomic E-state index is 5.74. The van der Waals surface area contributed by atoms with Crippen molar-refractivity contribution in [2.45, 2.75) is 32.0 Å². The third kappa shape index (κ3) is 1.73. The number of anilines is 1. The van der Waals surface area contributed by atoms with Gasteiger partial charge in [0.1, 0.15) is 0 Å². The summed E-state index contributed by atoms with van der Waals surface area (Å²) in [7, 11) is 0. The van der Waals surface area contributed by atoms with Gasteiger partial charge in [0.25, 0.3) is 0 Å². The molecule has 88 valence electrons. The summed E-state index contributed by atoms with van der Waals surface area (Å²) in [6.45, 7) is 4.47. The third-order valence-corrected chi connectivity index (χ3v) is 4.15. The number of fused-ring (bicyclic) bond motifs is 1. The van der Waals surface area contributed by atoms with Gasteiger partial charge in [-0.1, -0.05) is 0 Å². The van der Waals surface area contributed by atoms with Crippen LogP contribution in [0.1, 0.15) is 23.9 Å². The highest BCUT2D eigenvalue weighted by atomic mass is 32.1. The normalized spacial score (nSPS) is 22.3. The molecule has 1 spiro atoms. The summed E-state index contributed by atoms with van der Waals surface area (Å²) in [5, 5.41) is 4.30. The highest BCUT2D eigenvalue weighted by molar-refractivity contribution is 7.15. The number of nitrogens with zero attached hydrogens (tertiary/aromatic N) is 1. The van der Waals surface area contributed by atoms with Gasteiger partial charge in [-0.3, -0.25) is 0 Å². The molecule has 2 aliphatic rings. The molecule has 0 radical (unpaired) electrons. The van der Waals surface area contributed by atoms with Crippen molar-refractivity contribution in [2.75, 3.05) is 25.1 Å². The predicted molar refractivity (Wildman–Crippen MR) is 62.9 cm³/mol. The van der Waals surface area contributed by atoms with Crippen LogP contribution >= 0.6 is 11.3 Å². The van der Waals surface area contributed by atoms with Crippen molar-refractivity contribution < 1.29 is 9.47 Å². The number of hydrogen-bond donors (Lipinski definition) is 1. The molecule has 3 rings (SSSR count). The fourth-order valence-corrected chi connectivity index (χ4v) is 3.49. The van der Waals surface area contributed by atoms with E-state index in [2.05, 4.69) is 17.2 Å². The maximum atomic E-state index is 5.74. The maximum Gasteiger partial charge on any atom is 0.183 e. The molecule has 1 N–H and O–H groups in total. The second kappa shape index (κ2) is 3.98. The third-order valence-electron chi connectivity index (χ3n) is 3.09. The lowest BCUT2D eigenvalue weighted by Gasteiger charge is -2.30. The summed E-state index contributed by atoms with van der Waals surface area (Å²) in [6.07, 6.45) is 2.78. The molecule has 1 aliphatic carbocycles. The highest BCUT2D eigenvalue weighted by Gasteiger charge is 2.41. The van der Waals surface area contributed by atoms with Crippen molar-refractivity contribution in [1.29, 1.82) is 0 Å². The summed E-state index contributed by atoms with van der Waals surface area (Å²) < 4.78 is 11.5. The molecular formula is C11H16N2O2S. The Morgan fingerprint density at radius 1 is 1.44 bits per heavy atom. The fourth-order valence-electron chi connectivity index (χ4n) is 2.33. The van der Waals surface area contributed by atoms with E-state index in [0.717, 1.165) is 44.2 Å². The highest BCUT2D eigenvalue weighted by Crippen LogP contribution is 2.38. The zero-order valence-corrected chi connectivity index (χ0v) is 10.2. The minimum atomic E-state index is -0.330. The van der Waals surface area contributed by atoms with E-state index in [-0.39, 0.29) is 5.79 Å². The van der Waals surface area contributed by atoms with Crippen molar-refractivity contribution in [3.63, 3.8) is 0 Å². The first-order chi connectivity index (χ1) is 7.81. The van der Waals surface area contributed by atoms with Crippen LogP contribution < -0.4 is 5.32 Å². The SMILES string of the molecule is CCNc1nc2c(s1)CC1(CC2)OCCO1. The van der Waals surface area contributed by atoms with Crippen LogP contribution in [0.3, 0.4) is 0 Å². The van der Waals surface area contributed by atoms with Crippen molar-refractivity contribution in [1.82, 2.24) is 4.98 Å². The summed E-state index contributed by atoms with van der Waals surface area (Å²) in [5.41, 5.74) is 1.23. The Kier molecular flexibility index (Phi) is 2.61. The van der Waals surface area contributed by atoms with Crippen LogP contribution in [0.4, 0.5) is 5.13 Å². The first-order valence-corrected chi connectivity index (χ1v) is 6.63. The molecule has 5 heteroatoms. The number of ether oxygens (including phenoxy) is 2. The monoisotopic (exact) mass is 240 g/mol. The van der Waals surface area contributed by atoms with Gasteiger partial charge in [0.15, 0.2) is 10.9 Å². The lowest BCUT2D eigenvalue weighted by Crippen LogP contribution is -2.36. The molecule has 16 heavy (non-hydrogen) atoms. The molecule has 1 aromatic heterocycles. The average molecular weight is 240 g/mol. The molecule has 1 aromatic rings. The van der Waals surface area contributed by atoms with E-state index in [9.17, 15) is 0 Å². The van der Waals surface area contributed by atoms with Gasteiger partial charge < -0.3 is 14.8 Å². The summed E-state index contributed by atoms with van der Waals surface area (Å²) >= 11 is 1.74. The number of aromatic nitrogens is 1. The molecule has 4 nitrogen and oxygen atoms in total.